The van der Waals surface area contributed by atoms with E-state index in [-0.39, 0.29) is 23.4 Å². The van der Waals surface area contributed by atoms with Crippen molar-refractivity contribution in [1.82, 2.24) is 0 Å². The zero-order chi connectivity index (χ0) is 11.6. The predicted octanol–water partition coefficient (Wildman–Crippen LogP) is 2.55. The van der Waals surface area contributed by atoms with Crippen molar-refractivity contribution in [3.63, 3.8) is 0 Å². The molecule has 0 radical (unpaired) electrons. The monoisotopic (exact) mass is 231 g/mol. The maximum atomic E-state index is 11.7. The van der Waals surface area contributed by atoms with Gasteiger partial charge in [-0.1, -0.05) is 0 Å². The van der Waals surface area contributed by atoms with Crippen LogP contribution in [0, 0.1) is 10.8 Å². The summed E-state index contributed by atoms with van der Waals surface area (Å²) in [6.45, 7) is 9.33. The number of rotatable bonds is 4. The molecule has 0 aromatic heterocycles. The Balaban J connectivity index is 4.43. The minimum atomic E-state index is -0.403. The number of ketones is 2. The fourth-order valence-corrected chi connectivity index (χ4v) is 1.06. The molecule has 0 saturated carbocycles. The van der Waals surface area contributed by atoms with Crippen molar-refractivity contribution in [2.45, 2.75) is 45.8 Å². The molecule has 0 aliphatic rings. The van der Waals surface area contributed by atoms with Crippen LogP contribution in [-0.4, -0.2) is 11.6 Å². The van der Waals surface area contributed by atoms with Gasteiger partial charge in [0.15, 0.2) is 0 Å². The molecular formula is C11H19O2Ti. The van der Waals surface area contributed by atoms with Gasteiger partial charge in [0.2, 0.25) is 0 Å². The molecule has 0 unspecified atom stereocenters. The number of carbonyl (C=O) groups is 2. The van der Waals surface area contributed by atoms with Gasteiger partial charge in [-0.2, -0.15) is 0 Å². The van der Waals surface area contributed by atoms with E-state index in [0.29, 0.717) is 0 Å². The molecule has 0 aliphatic carbocycles. The van der Waals surface area contributed by atoms with Crippen LogP contribution in [0.1, 0.15) is 41.0 Å². The van der Waals surface area contributed by atoms with Gasteiger partial charge in [-0.15, -0.1) is 0 Å². The first-order chi connectivity index (χ1) is 6.11. The summed E-state index contributed by atoms with van der Waals surface area (Å²) in [7, 11) is 0. The van der Waals surface area contributed by atoms with Crippen LogP contribution < -0.4 is 0 Å². The minimum absolute atomic E-state index is 0.0315. The second-order valence-electron chi connectivity index (χ2n) is 5.33. The van der Waals surface area contributed by atoms with Gasteiger partial charge in [-0.3, -0.25) is 0 Å². The van der Waals surface area contributed by atoms with E-state index in [2.05, 4.69) is 0 Å². The van der Waals surface area contributed by atoms with Gasteiger partial charge < -0.3 is 0 Å². The van der Waals surface area contributed by atoms with Crippen molar-refractivity contribution in [2.75, 3.05) is 0 Å². The molecule has 0 aromatic rings. The van der Waals surface area contributed by atoms with E-state index in [9.17, 15) is 9.59 Å². The molecule has 0 bridgehead atoms. The SMILES string of the molecule is CC(C)(C)C(=O)CC(=O)C(C)(C)[CH2][Ti]. The van der Waals surface area contributed by atoms with Gasteiger partial charge in [0.1, 0.15) is 0 Å². The average molecular weight is 231 g/mol. The van der Waals surface area contributed by atoms with Crippen molar-refractivity contribution < 1.29 is 30.0 Å². The summed E-state index contributed by atoms with van der Waals surface area (Å²) in [4.78, 5) is 23.3. The molecule has 0 fully saturated rings. The number of hydrogen-bond donors (Lipinski definition) is 0. The zero-order valence-corrected chi connectivity index (χ0v) is 11.3. The Morgan fingerprint density at radius 3 is 1.71 bits per heavy atom. The Morgan fingerprint density at radius 1 is 1.00 bits per heavy atom. The number of hydrogen-bond acceptors (Lipinski definition) is 2. The van der Waals surface area contributed by atoms with Crippen molar-refractivity contribution >= 4 is 11.6 Å². The van der Waals surface area contributed by atoms with E-state index in [0.717, 1.165) is 4.73 Å². The van der Waals surface area contributed by atoms with Crippen LogP contribution in [0.2, 0.25) is 4.73 Å². The third-order valence-electron chi connectivity index (χ3n) is 2.35. The third-order valence-corrected chi connectivity index (χ3v) is 3.73. The molecule has 0 rings (SSSR count). The Bertz CT molecular complexity index is 236. The van der Waals surface area contributed by atoms with Gasteiger partial charge in [0, 0.05) is 0 Å². The second kappa shape index (κ2) is 4.72. The molecule has 0 heterocycles. The van der Waals surface area contributed by atoms with Gasteiger partial charge >= 0.3 is 98.2 Å². The van der Waals surface area contributed by atoms with Crippen molar-refractivity contribution in [2.24, 2.45) is 10.8 Å². The molecule has 0 atom stereocenters. The summed E-state index contributed by atoms with van der Waals surface area (Å²) < 4.78 is 0.781. The average Bonchev–Trinajstić information content (AvgIpc) is 2.02. The van der Waals surface area contributed by atoms with Crippen LogP contribution in [0.15, 0.2) is 0 Å². The first-order valence-corrected chi connectivity index (χ1v) is 5.93. The van der Waals surface area contributed by atoms with E-state index in [1.165, 1.54) is 0 Å². The predicted molar refractivity (Wildman–Crippen MR) is 52.7 cm³/mol. The second-order valence-corrected chi connectivity index (χ2v) is 5.89. The molecule has 0 aliphatic heterocycles. The van der Waals surface area contributed by atoms with Crippen LogP contribution in [0.5, 0.6) is 0 Å². The summed E-state index contributed by atoms with van der Waals surface area (Å²) in [6, 6.07) is 0. The molecule has 0 saturated heterocycles. The summed E-state index contributed by atoms with van der Waals surface area (Å²) in [5.74, 6) is 0.0870. The molecule has 14 heavy (non-hydrogen) atoms. The van der Waals surface area contributed by atoms with Crippen LogP contribution >= 0.6 is 0 Å². The topological polar surface area (TPSA) is 34.1 Å². The van der Waals surface area contributed by atoms with Crippen LogP contribution in [0.25, 0.3) is 0 Å². The molecule has 0 N–H and O–H groups in total. The van der Waals surface area contributed by atoms with Gasteiger partial charge in [0.05, 0.1) is 0 Å². The molecule has 79 valence electrons. The van der Waals surface area contributed by atoms with Gasteiger partial charge in [-0.05, 0) is 0 Å². The van der Waals surface area contributed by atoms with Gasteiger partial charge in [0.25, 0.3) is 0 Å². The Kier molecular flexibility index (Phi) is 4.73. The fourth-order valence-electron chi connectivity index (χ4n) is 0.749. The Labute approximate surface area is 98.2 Å². The van der Waals surface area contributed by atoms with E-state index < -0.39 is 5.41 Å². The fraction of sp³-hybridized carbons (Fsp3) is 0.818. The summed E-state index contributed by atoms with van der Waals surface area (Å²) >= 11 is 1.97. The quantitative estimate of drug-likeness (QED) is 0.550. The Hall–Kier alpha value is 0.0543. The van der Waals surface area contributed by atoms with E-state index in [1.54, 1.807) is 0 Å². The molecular weight excluding hydrogens is 212 g/mol. The van der Waals surface area contributed by atoms with E-state index in [4.69, 9.17) is 0 Å². The summed E-state index contributed by atoms with van der Waals surface area (Å²) in [5, 5.41) is 0. The summed E-state index contributed by atoms with van der Waals surface area (Å²) in [5.41, 5.74) is -0.764. The van der Waals surface area contributed by atoms with Crippen molar-refractivity contribution in [3.8, 4) is 0 Å². The molecule has 0 spiro atoms. The third kappa shape index (κ3) is 4.06. The molecule has 2 nitrogen and oxygen atoms in total. The first-order valence-electron chi connectivity index (χ1n) is 4.82. The van der Waals surface area contributed by atoms with Crippen LogP contribution in [-0.2, 0) is 30.0 Å². The molecule has 3 heteroatoms. The van der Waals surface area contributed by atoms with Crippen molar-refractivity contribution in [3.05, 3.63) is 0 Å². The molecule has 0 amide bonds. The van der Waals surface area contributed by atoms with Crippen molar-refractivity contribution in [1.29, 1.82) is 0 Å². The number of carbonyl (C=O) groups excluding carboxylic acids is 2. The normalized spacial score (nSPS) is 12.6. The number of Topliss-reactive ketones (excluding diaryl/α,β-unsaturated/α-hetero) is 2. The standard InChI is InChI=1S/C11H19O2.Ti/c1-10(2,3)8(12)7-9(13)11(4,5)6;/h1,7H2,2-6H3;. The maximum absolute atomic E-state index is 11.7. The van der Waals surface area contributed by atoms with E-state index in [1.807, 2.05) is 55.1 Å². The van der Waals surface area contributed by atoms with Crippen LogP contribution in [0.3, 0.4) is 0 Å². The first kappa shape index (κ1) is 14.1. The molecule has 0 aromatic carbocycles. The van der Waals surface area contributed by atoms with Gasteiger partial charge in [-0.25, -0.2) is 0 Å². The Morgan fingerprint density at radius 2 is 1.43 bits per heavy atom. The van der Waals surface area contributed by atoms with E-state index >= 15 is 0 Å². The summed E-state index contributed by atoms with van der Waals surface area (Å²) in [6.07, 6.45) is 0.0737. The van der Waals surface area contributed by atoms with Crippen LogP contribution in [0.4, 0.5) is 0 Å². The zero-order valence-electron chi connectivity index (χ0n) is 9.73.